The van der Waals surface area contributed by atoms with Crippen LogP contribution in [-0.4, -0.2) is 67.6 Å². The van der Waals surface area contributed by atoms with Crippen LogP contribution in [0, 0.1) is 5.92 Å². The van der Waals surface area contributed by atoms with Gasteiger partial charge in [-0.15, -0.1) is 0 Å². The first-order valence-electron chi connectivity index (χ1n) is 5.95. The van der Waals surface area contributed by atoms with Gasteiger partial charge in [-0.1, -0.05) is 0 Å². The Morgan fingerprint density at radius 2 is 2.28 bits per heavy atom. The third kappa shape index (κ3) is 2.56. The first-order valence-corrected chi connectivity index (χ1v) is 5.95. The number of ether oxygens (including phenoxy) is 2. The summed E-state index contributed by atoms with van der Waals surface area (Å²) in [4.78, 5) is 23.8. The van der Waals surface area contributed by atoms with Crippen molar-refractivity contribution in [1.29, 1.82) is 0 Å². The quantitative estimate of drug-likeness (QED) is 0.711. The van der Waals surface area contributed by atoms with Gasteiger partial charge in [0, 0.05) is 33.2 Å². The molecule has 2 aliphatic rings. The molecule has 7 nitrogen and oxygen atoms in total. The molecule has 2 amide bonds. The maximum Gasteiger partial charge on any atom is 0.317 e. The van der Waals surface area contributed by atoms with E-state index in [1.807, 2.05) is 0 Å². The number of aliphatic carboxylic acids is 1. The van der Waals surface area contributed by atoms with Gasteiger partial charge in [-0.25, -0.2) is 4.79 Å². The van der Waals surface area contributed by atoms with E-state index in [9.17, 15) is 9.59 Å². The van der Waals surface area contributed by atoms with E-state index in [0.29, 0.717) is 19.8 Å². The third-order valence-electron chi connectivity index (χ3n) is 3.58. The van der Waals surface area contributed by atoms with Crippen LogP contribution >= 0.6 is 0 Å². The van der Waals surface area contributed by atoms with Crippen LogP contribution in [0.2, 0.25) is 0 Å². The van der Waals surface area contributed by atoms with Gasteiger partial charge < -0.3 is 24.8 Å². The van der Waals surface area contributed by atoms with E-state index in [4.69, 9.17) is 14.6 Å². The summed E-state index contributed by atoms with van der Waals surface area (Å²) in [5.41, 5.74) is -0.438. The number of hydrogen-bond acceptors (Lipinski definition) is 4. The molecule has 2 rings (SSSR count). The summed E-state index contributed by atoms with van der Waals surface area (Å²) in [5.74, 6) is -1.28. The molecule has 0 radical (unpaired) electrons. The molecule has 0 aromatic carbocycles. The summed E-state index contributed by atoms with van der Waals surface area (Å²) in [5, 5.41) is 11.5. The maximum atomic E-state index is 11.7. The van der Waals surface area contributed by atoms with Crippen molar-refractivity contribution in [1.82, 2.24) is 10.2 Å². The van der Waals surface area contributed by atoms with Crippen molar-refractivity contribution in [3.63, 3.8) is 0 Å². The van der Waals surface area contributed by atoms with Crippen molar-refractivity contribution in [2.45, 2.75) is 12.0 Å². The number of rotatable bonds is 4. The van der Waals surface area contributed by atoms with Gasteiger partial charge in [-0.05, 0) is 0 Å². The fraction of sp³-hybridized carbons (Fsp3) is 0.818. The molecule has 0 aromatic rings. The van der Waals surface area contributed by atoms with E-state index in [-0.39, 0.29) is 19.1 Å². The Kier molecular flexibility index (Phi) is 3.72. The summed E-state index contributed by atoms with van der Waals surface area (Å²) in [6.45, 7) is 2.04. The highest BCUT2D eigenvalue weighted by Crippen LogP contribution is 2.22. The number of carbonyl (C=O) groups excluding carboxylic acids is 1. The largest absolute Gasteiger partial charge is 0.481 e. The molecule has 0 aromatic heterocycles. The molecule has 0 aliphatic carbocycles. The van der Waals surface area contributed by atoms with Crippen molar-refractivity contribution in [2.24, 2.45) is 5.92 Å². The number of urea groups is 1. The fourth-order valence-corrected chi connectivity index (χ4v) is 2.11. The van der Waals surface area contributed by atoms with E-state index in [2.05, 4.69) is 5.32 Å². The van der Waals surface area contributed by atoms with Crippen molar-refractivity contribution < 1.29 is 24.2 Å². The second kappa shape index (κ2) is 5.11. The van der Waals surface area contributed by atoms with E-state index < -0.39 is 17.5 Å². The molecule has 102 valence electrons. The Balaban J connectivity index is 1.74. The molecule has 2 fully saturated rings. The van der Waals surface area contributed by atoms with Crippen molar-refractivity contribution in [2.75, 3.05) is 40.0 Å². The molecule has 0 spiro atoms. The number of hydrogen-bond donors (Lipinski definition) is 2. The molecule has 1 atom stereocenters. The number of carboxylic acids is 1. The number of carbonyl (C=O) groups is 2. The highest BCUT2D eigenvalue weighted by atomic mass is 16.5. The second-order valence-electron chi connectivity index (χ2n) is 4.79. The highest BCUT2D eigenvalue weighted by Gasteiger charge is 2.38. The normalized spacial score (nSPS) is 27.9. The lowest BCUT2D eigenvalue weighted by atomic mass is 10.0. The molecule has 7 heteroatoms. The molecule has 0 saturated carbocycles. The van der Waals surface area contributed by atoms with Crippen LogP contribution in [0.4, 0.5) is 4.79 Å². The van der Waals surface area contributed by atoms with Crippen LogP contribution in [0.1, 0.15) is 6.42 Å². The Labute approximate surface area is 105 Å². The molecular weight excluding hydrogens is 240 g/mol. The first-order chi connectivity index (χ1) is 8.56. The van der Waals surface area contributed by atoms with Crippen molar-refractivity contribution in [3.05, 3.63) is 0 Å². The van der Waals surface area contributed by atoms with Gasteiger partial charge in [0.05, 0.1) is 19.1 Å². The van der Waals surface area contributed by atoms with Crippen LogP contribution in [0.5, 0.6) is 0 Å². The molecule has 2 aliphatic heterocycles. The summed E-state index contributed by atoms with van der Waals surface area (Å²) >= 11 is 0. The smallest absolute Gasteiger partial charge is 0.317 e. The minimum absolute atomic E-state index is 0.240. The number of amides is 2. The maximum absolute atomic E-state index is 11.7. The Hall–Kier alpha value is -1.34. The van der Waals surface area contributed by atoms with E-state index in [0.717, 1.165) is 6.42 Å². The van der Waals surface area contributed by atoms with Crippen LogP contribution < -0.4 is 5.32 Å². The van der Waals surface area contributed by atoms with E-state index in [1.54, 1.807) is 7.11 Å². The van der Waals surface area contributed by atoms with Gasteiger partial charge in [-0.3, -0.25) is 4.79 Å². The summed E-state index contributed by atoms with van der Waals surface area (Å²) < 4.78 is 10.7. The SMILES string of the molecule is COC1(CNC(=O)N2CC(C(=O)O)C2)CCOC1. The molecule has 2 heterocycles. The number of methoxy groups -OCH3 is 1. The van der Waals surface area contributed by atoms with Gasteiger partial charge in [0.2, 0.25) is 0 Å². The Morgan fingerprint density at radius 3 is 2.78 bits per heavy atom. The number of likely N-dealkylation sites (tertiary alicyclic amines) is 1. The zero-order valence-corrected chi connectivity index (χ0v) is 10.3. The fourth-order valence-electron chi connectivity index (χ4n) is 2.11. The molecular formula is C11H18N2O5. The van der Waals surface area contributed by atoms with Crippen LogP contribution in [0.25, 0.3) is 0 Å². The van der Waals surface area contributed by atoms with Crippen LogP contribution in [-0.2, 0) is 14.3 Å². The predicted octanol–water partition coefficient (Wildman–Crippen LogP) is -0.482. The van der Waals surface area contributed by atoms with Gasteiger partial charge in [-0.2, -0.15) is 0 Å². The van der Waals surface area contributed by atoms with Gasteiger partial charge in [0.1, 0.15) is 5.60 Å². The number of nitrogens with one attached hydrogen (secondary N) is 1. The zero-order valence-electron chi connectivity index (χ0n) is 10.3. The molecule has 2 saturated heterocycles. The van der Waals surface area contributed by atoms with Crippen LogP contribution in [0.15, 0.2) is 0 Å². The topological polar surface area (TPSA) is 88.1 Å². The van der Waals surface area contributed by atoms with Gasteiger partial charge >= 0.3 is 12.0 Å². The second-order valence-corrected chi connectivity index (χ2v) is 4.79. The Bertz CT molecular complexity index is 334. The lowest BCUT2D eigenvalue weighted by molar-refractivity contribution is -0.146. The summed E-state index contributed by atoms with van der Waals surface area (Å²) in [6.07, 6.45) is 0.752. The minimum atomic E-state index is -0.850. The highest BCUT2D eigenvalue weighted by molar-refractivity contribution is 5.79. The summed E-state index contributed by atoms with van der Waals surface area (Å²) in [6, 6.07) is -0.240. The lowest BCUT2D eigenvalue weighted by Gasteiger charge is -2.37. The van der Waals surface area contributed by atoms with Crippen molar-refractivity contribution in [3.8, 4) is 0 Å². The molecule has 1 unspecified atom stereocenters. The lowest BCUT2D eigenvalue weighted by Crippen LogP contribution is -2.58. The molecule has 0 bridgehead atoms. The van der Waals surface area contributed by atoms with Crippen molar-refractivity contribution >= 4 is 12.0 Å². The number of carboxylic acid groups (broad SMARTS) is 1. The molecule has 2 N–H and O–H groups in total. The standard InChI is InChI=1S/C11H18N2O5/c1-17-11(2-3-18-7-11)6-12-10(16)13-4-8(5-13)9(14)15/h8H,2-7H2,1H3,(H,12,16)(H,14,15). The van der Waals surface area contributed by atoms with Gasteiger partial charge in [0.25, 0.3) is 0 Å². The first kappa shape index (κ1) is 13.1. The number of nitrogens with zero attached hydrogens (tertiary/aromatic N) is 1. The minimum Gasteiger partial charge on any atom is -0.481 e. The molecule has 18 heavy (non-hydrogen) atoms. The van der Waals surface area contributed by atoms with Crippen LogP contribution in [0.3, 0.4) is 0 Å². The third-order valence-corrected chi connectivity index (χ3v) is 3.58. The zero-order chi connectivity index (χ0) is 13.2. The average molecular weight is 258 g/mol. The summed E-state index contributed by atoms with van der Waals surface area (Å²) in [7, 11) is 1.60. The predicted molar refractivity (Wildman–Crippen MR) is 61.3 cm³/mol. The Morgan fingerprint density at radius 1 is 1.56 bits per heavy atom. The monoisotopic (exact) mass is 258 g/mol. The average Bonchev–Trinajstić information content (AvgIpc) is 2.73. The van der Waals surface area contributed by atoms with E-state index >= 15 is 0 Å². The van der Waals surface area contributed by atoms with E-state index in [1.165, 1.54) is 4.90 Å². The van der Waals surface area contributed by atoms with Gasteiger partial charge in [0.15, 0.2) is 0 Å².